The molecule has 0 unspecified atom stereocenters. The van der Waals surface area contributed by atoms with Gasteiger partial charge in [-0.25, -0.2) is 0 Å². The molecular formula is C15H23N. The van der Waals surface area contributed by atoms with Crippen molar-refractivity contribution in [2.24, 2.45) is 0 Å². The molecule has 0 saturated heterocycles. The van der Waals surface area contributed by atoms with E-state index in [0.29, 0.717) is 0 Å². The van der Waals surface area contributed by atoms with Crippen LogP contribution in [0.2, 0.25) is 0 Å². The normalized spacial score (nSPS) is 17.7. The molecule has 1 heterocycles. The van der Waals surface area contributed by atoms with Crippen molar-refractivity contribution in [1.82, 2.24) is 4.98 Å². The Hall–Kier alpha value is -0.850. The first kappa shape index (κ1) is 11.6. The van der Waals surface area contributed by atoms with Crippen molar-refractivity contribution in [2.75, 3.05) is 0 Å². The van der Waals surface area contributed by atoms with E-state index in [-0.39, 0.29) is 0 Å². The molecule has 1 aromatic heterocycles. The molecule has 1 aliphatic carbocycles. The Morgan fingerprint density at radius 3 is 2.44 bits per heavy atom. The second-order valence-electron chi connectivity index (χ2n) is 5.10. The third kappa shape index (κ3) is 2.14. The van der Waals surface area contributed by atoms with Crippen molar-refractivity contribution in [1.29, 1.82) is 0 Å². The van der Waals surface area contributed by atoms with E-state index in [4.69, 9.17) is 0 Å². The molecule has 1 nitrogen and oxygen atoms in total. The Morgan fingerprint density at radius 1 is 1.12 bits per heavy atom. The lowest BCUT2D eigenvalue weighted by molar-refractivity contribution is 0.441. The molecule has 1 saturated carbocycles. The van der Waals surface area contributed by atoms with Gasteiger partial charge in [-0.05, 0) is 55.7 Å². The lowest BCUT2D eigenvalue weighted by atomic mass is 9.82. The highest BCUT2D eigenvalue weighted by Gasteiger charge is 2.19. The highest BCUT2D eigenvalue weighted by molar-refractivity contribution is 5.36. The number of rotatable bonds is 2. The fourth-order valence-corrected chi connectivity index (χ4v) is 2.96. The van der Waals surface area contributed by atoms with Crippen LogP contribution in [0.3, 0.4) is 0 Å². The number of nitrogens with zero attached hydrogens (tertiary/aromatic N) is 1. The van der Waals surface area contributed by atoms with Gasteiger partial charge in [-0.2, -0.15) is 0 Å². The van der Waals surface area contributed by atoms with Crippen LogP contribution in [-0.4, -0.2) is 4.98 Å². The van der Waals surface area contributed by atoms with Gasteiger partial charge >= 0.3 is 0 Å². The van der Waals surface area contributed by atoms with E-state index in [1.807, 2.05) is 0 Å². The van der Waals surface area contributed by atoms with Crippen molar-refractivity contribution >= 4 is 0 Å². The fraction of sp³-hybridized carbons (Fsp3) is 0.667. The molecule has 1 aliphatic rings. The third-order valence-electron chi connectivity index (χ3n) is 4.17. The fourth-order valence-electron chi connectivity index (χ4n) is 2.96. The molecule has 88 valence electrons. The number of pyridine rings is 1. The lowest BCUT2D eigenvalue weighted by Gasteiger charge is -2.24. The van der Waals surface area contributed by atoms with Gasteiger partial charge in [0, 0.05) is 11.9 Å². The minimum Gasteiger partial charge on any atom is -0.261 e. The Bertz CT molecular complexity index is 362. The van der Waals surface area contributed by atoms with Gasteiger partial charge in [-0.3, -0.25) is 4.98 Å². The summed E-state index contributed by atoms with van der Waals surface area (Å²) in [5, 5.41) is 0. The summed E-state index contributed by atoms with van der Waals surface area (Å²) in [4.78, 5) is 4.63. The molecule has 0 aromatic carbocycles. The van der Waals surface area contributed by atoms with Gasteiger partial charge < -0.3 is 0 Å². The van der Waals surface area contributed by atoms with Gasteiger partial charge in [0.05, 0.1) is 0 Å². The van der Waals surface area contributed by atoms with Crippen molar-refractivity contribution in [2.45, 2.75) is 65.2 Å². The maximum absolute atomic E-state index is 4.63. The summed E-state index contributed by atoms with van der Waals surface area (Å²) in [6.45, 7) is 6.70. The summed E-state index contributed by atoms with van der Waals surface area (Å²) in [5.74, 6) is 0.783. The second kappa shape index (κ2) is 4.99. The topological polar surface area (TPSA) is 12.9 Å². The van der Waals surface area contributed by atoms with Crippen molar-refractivity contribution in [3.8, 4) is 0 Å². The van der Waals surface area contributed by atoms with Gasteiger partial charge in [0.15, 0.2) is 0 Å². The zero-order valence-corrected chi connectivity index (χ0v) is 10.8. The van der Waals surface area contributed by atoms with Crippen LogP contribution in [0.5, 0.6) is 0 Å². The summed E-state index contributed by atoms with van der Waals surface area (Å²) in [5.41, 5.74) is 5.72. The van der Waals surface area contributed by atoms with Gasteiger partial charge in [0.25, 0.3) is 0 Å². The standard InChI is InChI=1S/C15H23N/c1-4-15-12(3)11(2)14(10-16-15)13-8-6-5-7-9-13/h10,13H,4-9H2,1-3H3. The molecule has 0 amide bonds. The van der Waals surface area contributed by atoms with Crippen molar-refractivity contribution in [3.63, 3.8) is 0 Å². The summed E-state index contributed by atoms with van der Waals surface area (Å²) in [6.07, 6.45) is 10.2. The number of aryl methyl sites for hydroxylation is 1. The first-order valence-corrected chi connectivity index (χ1v) is 6.69. The number of hydrogen-bond donors (Lipinski definition) is 0. The maximum atomic E-state index is 4.63. The molecule has 1 aromatic rings. The first-order valence-electron chi connectivity index (χ1n) is 6.69. The number of aromatic nitrogens is 1. The first-order chi connectivity index (χ1) is 7.74. The van der Waals surface area contributed by atoms with Crippen LogP contribution < -0.4 is 0 Å². The third-order valence-corrected chi connectivity index (χ3v) is 4.17. The minimum atomic E-state index is 0.783. The van der Waals surface area contributed by atoms with E-state index in [9.17, 15) is 0 Å². The smallest absolute Gasteiger partial charge is 0.0432 e. The highest BCUT2D eigenvalue weighted by Crippen LogP contribution is 2.35. The van der Waals surface area contributed by atoms with Crippen LogP contribution in [0.25, 0.3) is 0 Å². The Balaban J connectivity index is 2.30. The van der Waals surface area contributed by atoms with Crippen LogP contribution in [0.15, 0.2) is 6.20 Å². The quantitative estimate of drug-likeness (QED) is 0.719. The molecule has 16 heavy (non-hydrogen) atoms. The van der Waals surface area contributed by atoms with Crippen LogP contribution in [0, 0.1) is 13.8 Å². The van der Waals surface area contributed by atoms with E-state index in [1.165, 1.54) is 54.5 Å². The molecule has 1 heteroatoms. The van der Waals surface area contributed by atoms with Crippen LogP contribution in [-0.2, 0) is 6.42 Å². The van der Waals surface area contributed by atoms with Gasteiger partial charge in [0.2, 0.25) is 0 Å². The van der Waals surface area contributed by atoms with E-state index in [0.717, 1.165) is 12.3 Å². The minimum absolute atomic E-state index is 0.783. The Morgan fingerprint density at radius 2 is 1.81 bits per heavy atom. The Labute approximate surface area is 99.3 Å². The van der Waals surface area contributed by atoms with E-state index >= 15 is 0 Å². The molecule has 0 spiro atoms. The second-order valence-corrected chi connectivity index (χ2v) is 5.10. The molecule has 0 bridgehead atoms. The van der Waals surface area contributed by atoms with E-state index in [1.54, 1.807) is 0 Å². The summed E-state index contributed by atoms with van der Waals surface area (Å²) < 4.78 is 0. The molecule has 1 fully saturated rings. The van der Waals surface area contributed by atoms with E-state index < -0.39 is 0 Å². The van der Waals surface area contributed by atoms with Crippen molar-refractivity contribution in [3.05, 3.63) is 28.6 Å². The predicted molar refractivity (Wildman–Crippen MR) is 68.9 cm³/mol. The number of hydrogen-bond acceptors (Lipinski definition) is 1. The molecule has 0 radical (unpaired) electrons. The SMILES string of the molecule is CCc1ncc(C2CCCCC2)c(C)c1C. The molecule has 0 aliphatic heterocycles. The highest BCUT2D eigenvalue weighted by atomic mass is 14.7. The summed E-state index contributed by atoms with van der Waals surface area (Å²) in [7, 11) is 0. The van der Waals surface area contributed by atoms with Gasteiger partial charge in [-0.15, -0.1) is 0 Å². The lowest BCUT2D eigenvalue weighted by Crippen LogP contribution is -2.09. The largest absolute Gasteiger partial charge is 0.261 e. The van der Waals surface area contributed by atoms with E-state index in [2.05, 4.69) is 32.0 Å². The summed E-state index contributed by atoms with van der Waals surface area (Å²) in [6, 6.07) is 0. The molecule has 0 atom stereocenters. The predicted octanol–water partition coefficient (Wildman–Crippen LogP) is 4.31. The molecular weight excluding hydrogens is 194 g/mol. The summed E-state index contributed by atoms with van der Waals surface area (Å²) >= 11 is 0. The van der Waals surface area contributed by atoms with Crippen LogP contribution in [0.4, 0.5) is 0 Å². The van der Waals surface area contributed by atoms with Gasteiger partial charge in [-0.1, -0.05) is 26.2 Å². The van der Waals surface area contributed by atoms with Crippen molar-refractivity contribution < 1.29 is 0 Å². The van der Waals surface area contributed by atoms with Gasteiger partial charge in [0.1, 0.15) is 0 Å². The average molecular weight is 217 g/mol. The maximum Gasteiger partial charge on any atom is 0.0432 e. The zero-order valence-electron chi connectivity index (χ0n) is 10.8. The molecule has 2 rings (SSSR count). The molecule has 0 N–H and O–H groups in total. The van der Waals surface area contributed by atoms with Crippen LogP contribution >= 0.6 is 0 Å². The Kier molecular flexibility index (Phi) is 3.63. The zero-order chi connectivity index (χ0) is 11.5. The monoisotopic (exact) mass is 217 g/mol. The van der Waals surface area contributed by atoms with Crippen LogP contribution in [0.1, 0.15) is 67.3 Å². The average Bonchev–Trinajstić information content (AvgIpc) is 2.34.